The van der Waals surface area contributed by atoms with Gasteiger partial charge in [-0.15, -0.1) is 6.58 Å². The van der Waals surface area contributed by atoms with Gasteiger partial charge in [0.05, 0.1) is 6.61 Å². The Bertz CT molecular complexity index is 207. The van der Waals surface area contributed by atoms with E-state index >= 15 is 0 Å². The molecule has 0 saturated heterocycles. The van der Waals surface area contributed by atoms with Gasteiger partial charge in [0.1, 0.15) is 5.54 Å². The number of carbonyl (C=O) groups excluding carboxylic acids is 1. The van der Waals surface area contributed by atoms with Gasteiger partial charge in [-0.3, -0.25) is 0 Å². The van der Waals surface area contributed by atoms with Crippen LogP contribution in [0.5, 0.6) is 0 Å². The van der Waals surface area contributed by atoms with Gasteiger partial charge in [0.2, 0.25) is 0 Å². The minimum atomic E-state index is -0.695. The number of hydrogen-bond acceptors (Lipinski definition) is 3. The molecule has 0 heterocycles. The van der Waals surface area contributed by atoms with Crippen LogP contribution in [0.1, 0.15) is 13.3 Å². The molecule has 0 unspecified atom stereocenters. The number of hydrogen-bond donors (Lipinski definition) is 1. The van der Waals surface area contributed by atoms with Gasteiger partial charge < -0.3 is 4.74 Å². The zero-order valence-corrected chi connectivity index (χ0v) is 7.73. The Morgan fingerprint density at radius 3 is 3.00 bits per heavy atom. The van der Waals surface area contributed by atoms with E-state index < -0.39 is 5.54 Å². The number of esters is 1. The SMILES string of the molecule is C=C[C@H]1C[C@]1(NCl)C(=O)OCC. The van der Waals surface area contributed by atoms with Crippen molar-refractivity contribution in [2.75, 3.05) is 6.61 Å². The summed E-state index contributed by atoms with van der Waals surface area (Å²) in [6, 6.07) is 0. The van der Waals surface area contributed by atoms with Crippen molar-refractivity contribution in [3.05, 3.63) is 12.7 Å². The second-order valence-electron chi connectivity index (χ2n) is 2.83. The monoisotopic (exact) mass is 189 g/mol. The Morgan fingerprint density at radius 2 is 2.67 bits per heavy atom. The van der Waals surface area contributed by atoms with Crippen molar-refractivity contribution in [2.24, 2.45) is 5.92 Å². The van der Waals surface area contributed by atoms with Crippen LogP contribution in [-0.2, 0) is 9.53 Å². The molecule has 4 heteroatoms. The summed E-state index contributed by atoms with van der Waals surface area (Å²) in [6.07, 6.45) is 2.39. The van der Waals surface area contributed by atoms with Crippen LogP contribution in [0.2, 0.25) is 0 Å². The van der Waals surface area contributed by atoms with Crippen LogP contribution >= 0.6 is 11.8 Å². The molecule has 0 amide bonds. The van der Waals surface area contributed by atoms with Crippen LogP contribution in [0.4, 0.5) is 0 Å². The van der Waals surface area contributed by atoms with E-state index in [-0.39, 0.29) is 11.9 Å². The second-order valence-corrected chi connectivity index (χ2v) is 3.02. The topological polar surface area (TPSA) is 38.3 Å². The first-order valence-electron chi connectivity index (χ1n) is 3.89. The third-order valence-electron chi connectivity index (χ3n) is 2.11. The minimum absolute atomic E-state index is 0.106. The average molecular weight is 190 g/mol. The highest BCUT2D eigenvalue weighted by Gasteiger charge is 2.59. The van der Waals surface area contributed by atoms with E-state index in [1.165, 1.54) is 0 Å². The zero-order chi connectivity index (χ0) is 9.19. The quantitative estimate of drug-likeness (QED) is 0.411. The van der Waals surface area contributed by atoms with Crippen molar-refractivity contribution in [1.82, 2.24) is 4.84 Å². The third kappa shape index (κ3) is 1.34. The van der Waals surface area contributed by atoms with E-state index in [2.05, 4.69) is 11.4 Å². The lowest BCUT2D eigenvalue weighted by Crippen LogP contribution is -2.37. The van der Waals surface area contributed by atoms with Gasteiger partial charge in [-0.2, -0.15) is 0 Å². The van der Waals surface area contributed by atoms with Crippen LogP contribution < -0.4 is 4.84 Å². The fourth-order valence-corrected chi connectivity index (χ4v) is 1.51. The highest BCUT2D eigenvalue weighted by Crippen LogP contribution is 2.45. The molecule has 12 heavy (non-hydrogen) atoms. The van der Waals surface area contributed by atoms with Gasteiger partial charge in [0, 0.05) is 5.92 Å². The molecule has 0 bridgehead atoms. The van der Waals surface area contributed by atoms with Gasteiger partial charge in [-0.25, -0.2) is 9.63 Å². The van der Waals surface area contributed by atoms with E-state index in [4.69, 9.17) is 16.5 Å². The summed E-state index contributed by atoms with van der Waals surface area (Å²) in [4.78, 5) is 13.8. The van der Waals surface area contributed by atoms with Gasteiger partial charge in [-0.05, 0) is 25.1 Å². The van der Waals surface area contributed by atoms with E-state index in [1.807, 2.05) is 0 Å². The van der Waals surface area contributed by atoms with Crippen molar-refractivity contribution in [1.29, 1.82) is 0 Å². The lowest BCUT2D eigenvalue weighted by Gasteiger charge is -2.11. The molecule has 0 aromatic carbocycles. The normalized spacial score (nSPS) is 32.7. The van der Waals surface area contributed by atoms with Gasteiger partial charge >= 0.3 is 5.97 Å². The molecule has 0 spiro atoms. The first kappa shape index (κ1) is 9.55. The Morgan fingerprint density at radius 1 is 2.00 bits per heavy atom. The van der Waals surface area contributed by atoms with Crippen LogP contribution in [0.25, 0.3) is 0 Å². The summed E-state index contributed by atoms with van der Waals surface area (Å²) in [5.41, 5.74) is -0.695. The summed E-state index contributed by atoms with van der Waals surface area (Å²) < 4.78 is 4.86. The van der Waals surface area contributed by atoms with E-state index in [0.29, 0.717) is 13.0 Å². The van der Waals surface area contributed by atoms with E-state index in [9.17, 15) is 4.79 Å². The van der Waals surface area contributed by atoms with E-state index in [0.717, 1.165) is 0 Å². The molecule has 68 valence electrons. The molecule has 1 saturated carbocycles. The summed E-state index contributed by atoms with van der Waals surface area (Å²) in [5, 5.41) is 0. The maximum Gasteiger partial charge on any atom is 0.328 e. The molecule has 0 aromatic heterocycles. The molecule has 1 rings (SSSR count). The molecular formula is C8H12ClNO2. The van der Waals surface area contributed by atoms with Crippen LogP contribution in [0.3, 0.4) is 0 Å². The number of halogens is 1. The fourth-order valence-electron chi connectivity index (χ4n) is 1.21. The molecule has 1 fully saturated rings. The summed E-state index contributed by atoms with van der Waals surface area (Å²) in [6.45, 7) is 5.75. The Kier molecular flexibility index (Phi) is 2.75. The van der Waals surface area contributed by atoms with Crippen molar-refractivity contribution in [2.45, 2.75) is 18.9 Å². The van der Waals surface area contributed by atoms with Crippen molar-refractivity contribution >= 4 is 17.7 Å². The predicted molar refractivity (Wildman–Crippen MR) is 46.7 cm³/mol. The summed E-state index contributed by atoms with van der Waals surface area (Å²) >= 11 is 5.46. The molecule has 0 radical (unpaired) electrons. The van der Waals surface area contributed by atoms with E-state index in [1.54, 1.807) is 13.0 Å². The van der Waals surface area contributed by atoms with Crippen molar-refractivity contribution in [3.8, 4) is 0 Å². The molecule has 3 nitrogen and oxygen atoms in total. The maximum absolute atomic E-state index is 11.3. The predicted octanol–water partition coefficient (Wildman–Crippen LogP) is 1.24. The minimum Gasteiger partial charge on any atom is -0.465 e. The van der Waals surface area contributed by atoms with Crippen LogP contribution in [0, 0.1) is 5.92 Å². The molecule has 2 atom stereocenters. The summed E-state index contributed by atoms with van der Waals surface area (Å²) in [5.74, 6) is -0.182. The summed E-state index contributed by atoms with van der Waals surface area (Å²) in [7, 11) is 0. The second kappa shape index (κ2) is 3.46. The van der Waals surface area contributed by atoms with Gasteiger partial charge in [0.15, 0.2) is 0 Å². The molecule has 1 aliphatic rings. The fraction of sp³-hybridized carbons (Fsp3) is 0.625. The zero-order valence-electron chi connectivity index (χ0n) is 6.97. The Labute approximate surface area is 76.8 Å². The number of ether oxygens (including phenoxy) is 1. The average Bonchev–Trinajstić information content (AvgIpc) is 2.80. The number of carbonyl (C=O) groups is 1. The molecule has 1 aliphatic carbocycles. The van der Waals surface area contributed by atoms with Crippen LogP contribution in [-0.4, -0.2) is 18.1 Å². The van der Waals surface area contributed by atoms with Crippen molar-refractivity contribution in [3.63, 3.8) is 0 Å². The molecule has 1 N–H and O–H groups in total. The highest BCUT2D eigenvalue weighted by molar-refractivity contribution is 6.16. The molecule has 0 aromatic rings. The standard InChI is InChI=1S/C8H12ClNO2/c1-3-6-5-8(6,10-9)7(11)12-4-2/h3,6,10H,1,4-5H2,2H3/t6-,8+/m0/s1. The lowest BCUT2D eigenvalue weighted by atomic mass is 10.2. The maximum atomic E-state index is 11.3. The Hall–Kier alpha value is -0.540. The van der Waals surface area contributed by atoms with Crippen LogP contribution in [0.15, 0.2) is 12.7 Å². The van der Waals surface area contributed by atoms with Crippen molar-refractivity contribution < 1.29 is 9.53 Å². The molecular weight excluding hydrogens is 178 g/mol. The van der Waals surface area contributed by atoms with Gasteiger partial charge in [0.25, 0.3) is 0 Å². The van der Waals surface area contributed by atoms with Gasteiger partial charge in [-0.1, -0.05) is 6.08 Å². The highest BCUT2D eigenvalue weighted by atomic mass is 35.5. The molecule has 0 aliphatic heterocycles. The smallest absolute Gasteiger partial charge is 0.328 e. The first-order chi connectivity index (χ1) is 5.71. The Balaban J connectivity index is 2.58. The number of nitrogens with one attached hydrogen (secondary N) is 1. The number of rotatable bonds is 4. The first-order valence-corrected chi connectivity index (χ1v) is 4.26. The lowest BCUT2D eigenvalue weighted by molar-refractivity contribution is -0.146. The third-order valence-corrected chi connectivity index (χ3v) is 2.44. The largest absolute Gasteiger partial charge is 0.465 e.